The molecular weight excluding hydrogens is 486 g/mol. The Labute approximate surface area is 211 Å². The Balaban J connectivity index is 1.51. The van der Waals surface area contributed by atoms with E-state index in [0.717, 1.165) is 37.4 Å². The van der Waals surface area contributed by atoms with Crippen molar-refractivity contribution in [2.24, 2.45) is 0 Å². The highest BCUT2D eigenvalue weighted by atomic mass is 35.5. The molecule has 0 unspecified atom stereocenters. The highest BCUT2D eigenvalue weighted by molar-refractivity contribution is 7.89. The normalized spacial score (nSPS) is 17.3. The van der Waals surface area contributed by atoms with E-state index >= 15 is 0 Å². The van der Waals surface area contributed by atoms with Gasteiger partial charge in [-0.15, -0.1) is 0 Å². The number of rotatable bonds is 5. The molecule has 0 spiro atoms. The first-order chi connectivity index (χ1) is 16.8. The maximum atomic E-state index is 13.4. The molecule has 1 fully saturated rings. The van der Waals surface area contributed by atoms with Crippen molar-refractivity contribution in [3.05, 3.63) is 70.4 Å². The highest BCUT2D eigenvalue weighted by Crippen LogP contribution is 2.34. The SMILES string of the molecule is Cc1ccc(Oc2nc(N3CCN(C)CC3)nc3c2CN(S(=O)(=O)c2cccc(Cl)c2)CC3)cc1. The fraction of sp³-hybridized carbons (Fsp3) is 0.360. The van der Waals surface area contributed by atoms with Crippen LogP contribution < -0.4 is 9.64 Å². The average Bonchev–Trinajstić information content (AvgIpc) is 2.85. The molecule has 0 N–H and O–H groups in total. The first-order valence-electron chi connectivity index (χ1n) is 11.6. The maximum Gasteiger partial charge on any atom is 0.243 e. The van der Waals surface area contributed by atoms with E-state index in [1.165, 1.54) is 10.4 Å². The molecule has 1 aromatic heterocycles. The Hall–Kier alpha value is -2.72. The largest absolute Gasteiger partial charge is 0.439 e. The van der Waals surface area contributed by atoms with Crippen LogP contribution in [0.3, 0.4) is 0 Å². The summed E-state index contributed by atoms with van der Waals surface area (Å²) in [7, 11) is -1.63. The molecule has 10 heteroatoms. The predicted molar refractivity (Wildman–Crippen MR) is 136 cm³/mol. The molecule has 0 atom stereocenters. The molecule has 35 heavy (non-hydrogen) atoms. The van der Waals surface area contributed by atoms with E-state index in [2.05, 4.69) is 16.8 Å². The average molecular weight is 514 g/mol. The van der Waals surface area contributed by atoms with E-state index in [9.17, 15) is 8.42 Å². The fourth-order valence-electron chi connectivity index (χ4n) is 4.28. The number of aryl methyl sites for hydroxylation is 1. The third kappa shape index (κ3) is 5.13. The molecule has 0 amide bonds. The molecular formula is C25H28ClN5O3S. The van der Waals surface area contributed by atoms with Crippen LogP contribution in [0, 0.1) is 6.92 Å². The lowest BCUT2D eigenvalue weighted by atomic mass is 10.1. The topological polar surface area (TPSA) is 78.9 Å². The van der Waals surface area contributed by atoms with Crippen molar-refractivity contribution in [1.29, 1.82) is 0 Å². The number of halogens is 1. The summed E-state index contributed by atoms with van der Waals surface area (Å²) in [6.45, 7) is 5.99. The molecule has 2 aliphatic heterocycles. The van der Waals surface area contributed by atoms with Crippen LogP contribution in [0.1, 0.15) is 16.8 Å². The molecule has 2 aliphatic rings. The number of likely N-dealkylation sites (N-methyl/N-ethyl adjacent to an activating group) is 1. The van der Waals surface area contributed by atoms with Crippen molar-refractivity contribution in [1.82, 2.24) is 19.2 Å². The molecule has 2 aromatic carbocycles. The molecule has 0 saturated carbocycles. The third-order valence-electron chi connectivity index (χ3n) is 6.43. The number of nitrogens with zero attached hydrogens (tertiary/aromatic N) is 5. The number of piperazine rings is 1. The number of fused-ring (bicyclic) bond motifs is 1. The van der Waals surface area contributed by atoms with Crippen LogP contribution in [0.4, 0.5) is 5.95 Å². The van der Waals surface area contributed by atoms with Gasteiger partial charge in [-0.3, -0.25) is 0 Å². The van der Waals surface area contributed by atoms with Crippen LogP contribution in [-0.4, -0.2) is 67.4 Å². The molecule has 0 radical (unpaired) electrons. The molecule has 0 bridgehead atoms. The van der Waals surface area contributed by atoms with Gasteiger partial charge in [-0.25, -0.2) is 13.4 Å². The summed E-state index contributed by atoms with van der Waals surface area (Å²) >= 11 is 6.07. The van der Waals surface area contributed by atoms with Gasteiger partial charge in [0.2, 0.25) is 21.9 Å². The van der Waals surface area contributed by atoms with Gasteiger partial charge in [0.15, 0.2) is 0 Å². The Morgan fingerprint density at radius 3 is 2.43 bits per heavy atom. The summed E-state index contributed by atoms with van der Waals surface area (Å²) in [5.74, 6) is 1.68. The van der Waals surface area contributed by atoms with E-state index < -0.39 is 10.0 Å². The molecule has 0 aliphatic carbocycles. The Morgan fingerprint density at radius 1 is 0.971 bits per heavy atom. The summed E-state index contributed by atoms with van der Waals surface area (Å²) in [6, 6.07) is 14.1. The van der Waals surface area contributed by atoms with Crippen molar-refractivity contribution in [2.45, 2.75) is 24.8 Å². The molecule has 5 rings (SSSR count). The van der Waals surface area contributed by atoms with Gasteiger partial charge in [-0.2, -0.15) is 9.29 Å². The van der Waals surface area contributed by atoms with Gasteiger partial charge in [0.1, 0.15) is 5.75 Å². The molecule has 184 valence electrons. The summed E-state index contributed by atoms with van der Waals surface area (Å²) in [4.78, 5) is 14.3. The zero-order chi connectivity index (χ0) is 24.6. The minimum absolute atomic E-state index is 0.133. The summed E-state index contributed by atoms with van der Waals surface area (Å²) in [5.41, 5.74) is 2.65. The number of anilines is 1. The van der Waals surface area contributed by atoms with E-state index in [0.29, 0.717) is 41.1 Å². The second-order valence-corrected chi connectivity index (χ2v) is 11.4. The van der Waals surface area contributed by atoms with Crippen molar-refractivity contribution in [3.8, 4) is 11.6 Å². The summed E-state index contributed by atoms with van der Waals surface area (Å²) in [6.07, 6.45) is 0.475. The van der Waals surface area contributed by atoms with E-state index in [1.54, 1.807) is 18.2 Å². The van der Waals surface area contributed by atoms with Gasteiger partial charge < -0.3 is 14.5 Å². The molecule has 8 nitrogen and oxygen atoms in total. The quantitative estimate of drug-likeness (QED) is 0.514. The molecule has 3 aromatic rings. The smallest absolute Gasteiger partial charge is 0.243 e. The van der Waals surface area contributed by atoms with Gasteiger partial charge >= 0.3 is 0 Å². The van der Waals surface area contributed by atoms with Gasteiger partial charge in [-0.05, 0) is 44.3 Å². The second-order valence-electron chi connectivity index (χ2n) is 9.01. The number of benzene rings is 2. The first kappa shape index (κ1) is 24.0. The second kappa shape index (κ2) is 9.73. The first-order valence-corrected chi connectivity index (χ1v) is 13.4. The van der Waals surface area contributed by atoms with E-state index in [4.69, 9.17) is 26.3 Å². The van der Waals surface area contributed by atoms with Gasteiger partial charge in [0.05, 0.1) is 16.2 Å². The van der Waals surface area contributed by atoms with Crippen molar-refractivity contribution in [2.75, 3.05) is 44.7 Å². The van der Waals surface area contributed by atoms with Gasteiger partial charge in [0, 0.05) is 50.7 Å². The standard InChI is InChI=1S/C25H28ClN5O3S/c1-18-6-8-20(9-7-18)34-24-22-17-31(35(32,33)21-5-3-4-19(26)16-21)11-10-23(22)27-25(28-24)30-14-12-29(2)13-15-30/h3-9,16H,10-15,17H2,1-2H3. The van der Waals surface area contributed by atoms with Crippen molar-refractivity contribution < 1.29 is 13.2 Å². The van der Waals surface area contributed by atoms with Crippen molar-refractivity contribution >= 4 is 27.6 Å². The van der Waals surface area contributed by atoms with E-state index in [1.807, 2.05) is 31.2 Å². The van der Waals surface area contributed by atoms with Crippen molar-refractivity contribution in [3.63, 3.8) is 0 Å². The Bertz CT molecular complexity index is 1330. The molecule has 1 saturated heterocycles. The summed E-state index contributed by atoms with van der Waals surface area (Å²) in [5, 5.41) is 0.382. The van der Waals surface area contributed by atoms with Gasteiger partial charge in [-0.1, -0.05) is 35.4 Å². The maximum absolute atomic E-state index is 13.4. The lowest BCUT2D eigenvalue weighted by Crippen LogP contribution is -2.45. The molecule has 3 heterocycles. The number of ether oxygens (including phenoxy) is 1. The van der Waals surface area contributed by atoms with Crippen LogP contribution in [0.25, 0.3) is 0 Å². The van der Waals surface area contributed by atoms with Gasteiger partial charge in [0.25, 0.3) is 0 Å². The minimum Gasteiger partial charge on any atom is -0.439 e. The zero-order valence-electron chi connectivity index (χ0n) is 19.8. The van der Waals surface area contributed by atoms with Crippen LogP contribution in [-0.2, 0) is 23.0 Å². The fourth-order valence-corrected chi connectivity index (χ4v) is 5.99. The van der Waals surface area contributed by atoms with Crippen LogP contribution in [0.5, 0.6) is 11.6 Å². The lowest BCUT2D eigenvalue weighted by molar-refractivity contribution is 0.310. The summed E-state index contributed by atoms with van der Waals surface area (Å²) < 4.78 is 34.4. The zero-order valence-corrected chi connectivity index (χ0v) is 21.4. The Kier molecular flexibility index (Phi) is 6.67. The van der Waals surface area contributed by atoms with Crippen LogP contribution in [0.15, 0.2) is 53.4 Å². The number of aromatic nitrogens is 2. The highest BCUT2D eigenvalue weighted by Gasteiger charge is 2.33. The number of hydrogen-bond acceptors (Lipinski definition) is 7. The Morgan fingerprint density at radius 2 is 1.71 bits per heavy atom. The van der Waals surface area contributed by atoms with Crippen LogP contribution >= 0.6 is 11.6 Å². The predicted octanol–water partition coefficient (Wildman–Crippen LogP) is 3.73. The number of sulfonamides is 1. The lowest BCUT2D eigenvalue weighted by Gasteiger charge is -2.34. The van der Waals surface area contributed by atoms with Crippen LogP contribution in [0.2, 0.25) is 5.02 Å². The minimum atomic E-state index is -3.74. The third-order valence-corrected chi connectivity index (χ3v) is 8.51. The monoisotopic (exact) mass is 513 g/mol. The van der Waals surface area contributed by atoms with E-state index in [-0.39, 0.29) is 11.4 Å². The number of hydrogen-bond donors (Lipinski definition) is 0.